The minimum Gasteiger partial charge on any atom is -0.494 e. The van der Waals surface area contributed by atoms with Crippen molar-refractivity contribution >= 4 is 9.84 Å². The Balaban J connectivity index is 2.83. The fourth-order valence-electron chi connectivity index (χ4n) is 1.70. The van der Waals surface area contributed by atoms with E-state index in [0.29, 0.717) is 17.9 Å². The maximum atomic E-state index is 12.0. The molecule has 1 rings (SSSR count). The maximum absolute atomic E-state index is 12.0. The fourth-order valence-corrected chi connectivity index (χ4v) is 3.50. The van der Waals surface area contributed by atoms with Gasteiger partial charge >= 0.3 is 0 Å². The molecular weight excluding hydrogens is 252 g/mol. The van der Waals surface area contributed by atoms with Gasteiger partial charge in [-0.05, 0) is 18.9 Å². The van der Waals surface area contributed by atoms with Crippen LogP contribution in [-0.4, -0.2) is 32.5 Å². The number of benzene rings is 1. The van der Waals surface area contributed by atoms with Crippen LogP contribution in [0.5, 0.6) is 5.75 Å². The molecule has 0 aliphatic rings. The minimum absolute atomic E-state index is 0.00996. The van der Waals surface area contributed by atoms with E-state index in [1.807, 2.05) is 13.0 Å². The first-order valence-corrected chi connectivity index (χ1v) is 7.82. The number of sulfone groups is 1. The molecule has 0 heterocycles. The molecule has 0 aliphatic carbocycles. The maximum Gasteiger partial charge on any atom is 0.154 e. The van der Waals surface area contributed by atoms with E-state index in [4.69, 9.17) is 9.84 Å². The molecule has 0 amide bonds. The van der Waals surface area contributed by atoms with Crippen molar-refractivity contribution in [2.24, 2.45) is 5.92 Å². The molecular formula is C13H20O4S. The molecule has 5 heteroatoms. The first-order valence-electron chi connectivity index (χ1n) is 6.00. The van der Waals surface area contributed by atoms with Crippen LogP contribution in [0, 0.1) is 5.92 Å². The van der Waals surface area contributed by atoms with Gasteiger partial charge < -0.3 is 9.84 Å². The van der Waals surface area contributed by atoms with Crippen LogP contribution in [0.1, 0.15) is 19.4 Å². The molecule has 0 saturated carbocycles. The normalized spacial score (nSPS) is 13.3. The van der Waals surface area contributed by atoms with Gasteiger partial charge in [0.2, 0.25) is 0 Å². The number of aliphatic hydroxyl groups excluding tert-OH is 1. The lowest BCUT2D eigenvalue weighted by Gasteiger charge is -2.12. The lowest BCUT2D eigenvalue weighted by Crippen LogP contribution is -2.18. The van der Waals surface area contributed by atoms with E-state index < -0.39 is 9.84 Å². The quantitative estimate of drug-likeness (QED) is 0.819. The summed E-state index contributed by atoms with van der Waals surface area (Å²) in [4.78, 5) is 0. The zero-order chi connectivity index (χ0) is 13.6. The lowest BCUT2D eigenvalue weighted by atomic mass is 10.2. The van der Waals surface area contributed by atoms with Crippen LogP contribution < -0.4 is 4.74 Å². The highest BCUT2D eigenvalue weighted by Gasteiger charge is 2.18. The topological polar surface area (TPSA) is 63.6 Å². The van der Waals surface area contributed by atoms with Gasteiger partial charge in [0.15, 0.2) is 9.84 Å². The number of hydrogen-bond acceptors (Lipinski definition) is 4. The summed E-state index contributed by atoms with van der Waals surface area (Å²) in [6, 6.07) is 7.14. The van der Waals surface area contributed by atoms with Crippen LogP contribution >= 0.6 is 0 Å². The zero-order valence-corrected chi connectivity index (χ0v) is 11.6. The van der Waals surface area contributed by atoms with Crippen LogP contribution in [0.15, 0.2) is 24.3 Å². The summed E-state index contributed by atoms with van der Waals surface area (Å²) in [5, 5.41) is 8.91. The van der Waals surface area contributed by atoms with E-state index in [-0.39, 0.29) is 24.0 Å². The van der Waals surface area contributed by atoms with Crippen molar-refractivity contribution < 1.29 is 18.3 Å². The Bertz CT molecular complexity index is 468. The second-order valence-corrected chi connectivity index (χ2v) is 6.49. The van der Waals surface area contributed by atoms with Gasteiger partial charge in [-0.3, -0.25) is 0 Å². The molecule has 0 spiro atoms. The van der Waals surface area contributed by atoms with E-state index in [0.717, 1.165) is 0 Å². The SMILES string of the molecule is CCOc1ccccc1CS(=O)(=O)CC(C)CO. The number of ether oxygens (including phenoxy) is 1. The number of para-hydroxylation sites is 1. The highest BCUT2D eigenvalue weighted by atomic mass is 32.2. The summed E-state index contributed by atoms with van der Waals surface area (Å²) in [5.74, 6) is 0.312. The van der Waals surface area contributed by atoms with Crippen LogP contribution in [0.2, 0.25) is 0 Å². The molecule has 0 saturated heterocycles. The van der Waals surface area contributed by atoms with Crippen molar-refractivity contribution in [1.29, 1.82) is 0 Å². The Hall–Kier alpha value is -1.07. The van der Waals surface area contributed by atoms with Crippen molar-refractivity contribution in [3.8, 4) is 5.75 Å². The van der Waals surface area contributed by atoms with Gasteiger partial charge in [0.1, 0.15) is 5.75 Å². The Morgan fingerprint density at radius 2 is 2.00 bits per heavy atom. The van der Waals surface area contributed by atoms with Crippen molar-refractivity contribution in [3.05, 3.63) is 29.8 Å². The molecule has 1 unspecified atom stereocenters. The van der Waals surface area contributed by atoms with Crippen molar-refractivity contribution in [2.75, 3.05) is 19.0 Å². The summed E-state index contributed by atoms with van der Waals surface area (Å²) < 4.78 is 29.3. The highest BCUT2D eigenvalue weighted by molar-refractivity contribution is 7.90. The third-order valence-corrected chi connectivity index (χ3v) is 4.33. The Labute approximate surface area is 109 Å². The number of hydrogen-bond donors (Lipinski definition) is 1. The molecule has 102 valence electrons. The molecule has 0 radical (unpaired) electrons. The fraction of sp³-hybridized carbons (Fsp3) is 0.538. The summed E-state index contributed by atoms with van der Waals surface area (Å²) in [7, 11) is -3.23. The molecule has 1 N–H and O–H groups in total. The summed E-state index contributed by atoms with van der Waals surface area (Å²) in [6.07, 6.45) is 0. The van der Waals surface area contributed by atoms with E-state index in [9.17, 15) is 8.42 Å². The lowest BCUT2D eigenvalue weighted by molar-refractivity contribution is 0.249. The van der Waals surface area contributed by atoms with Gasteiger partial charge in [0.25, 0.3) is 0 Å². The predicted molar refractivity (Wildman–Crippen MR) is 71.4 cm³/mol. The average molecular weight is 272 g/mol. The molecule has 0 aliphatic heterocycles. The van der Waals surface area contributed by atoms with Crippen molar-refractivity contribution in [2.45, 2.75) is 19.6 Å². The number of aliphatic hydroxyl groups is 1. The van der Waals surface area contributed by atoms with Gasteiger partial charge in [-0.15, -0.1) is 0 Å². The van der Waals surface area contributed by atoms with Gasteiger partial charge in [-0.2, -0.15) is 0 Å². The largest absolute Gasteiger partial charge is 0.494 e. The highest BCUT2D eigenvalue weighted by Crippen LogP contribution is 2.21. The van der Waals surface area contributed by atoms with E-state index >= 15 is 0 Å². The van der Waals surface area contributed by atoms with Crippen LogP contribution in [-0.2, 0) is 15.6 Å². The van der Waals surface area contributed by atoms with Crippen molar-refractivity contribution in [1.82, 2.24) is 0 Å². The first-order chi connectivity index (χ1) is 8.48. The monoisotopic (exact) mass is 272 g/mol. The molecule has 0 aromatic heterocycles. The van der Waals surface area contributed by atoms with Gasteiger partial charge in [-0.25, -0.2) is 8.42 Å². The number of rotatable bonds is 7. The molecule has 0 bridgehead atoms. The van der Waals surface area contributed by atoms with Crippen molar-refractivity contribution in [3.63, 3.8) is 0 Å². The second-order valence-electron chi connectivity index (χ2n) is 4.38. The summed E-state index contributed by atoms with van der Waals surface area (Å²) in [5.41, 5.74) is 0.671. The summed E-state index contributed by atoms with van der Waals surface area (Å²) >= 11 is 0. The Morgan fingerprint density at radius 1 is 1.33 bits per heavy atom. The average Bonchev–Trinajstić information content (AvgIpc) is 2.31. The smallest absolute Gasteiger partial charge is 0.154 e. The molecule has 0 fully saturated rings. The zero-order valence-electron chi connectivity index (χ0n) is 10.8. The van der Waals surface area contributed by atoms with Gasteiger partial charge in [0, 0.05) is 12.2 Å². The minimum atomic E-state index is -3.23. The summed E-state index contributed by atoms with van der Waals surface area (Å²) in [6.45, 7) is 3.96. The van der Waals surface area contributed by atoms with Crippen LogP contribution in [0.4, 0.5) is 0 Å². The molecule has 1 aromatic carbocycles. The van der Waals surface area contributed by atoms with Gasteiger partial charge in [-0.1, -0.05) is 25.1 Å². The second kappa shape index (κ2) is 6.75. The predicted octanol–water partition coefficient (Wildman–Crippen LogP) is 1.63. The van der Waals surface area contributed by atoms with E-state index in [1.54, 1.807) is 25.1 Å². The van der Waals surface area contributed by atoms with Crippen LogP contribution in [0.3, 0.4) is 0 Å². The molecule has 18 heavy (non-hydrogen) atoms. The third-order valence-electron chi connectivity index (χ3n) is 2.50. The third kappa shape index (κ3) is 4.66. The molecule has 4 nitrogen and oxygen atoms in total. The standard InChI is InChI=1S/C13H20O4S/c1-3-17-13-7-5-4-6-12(13)10-18(15,16)9-11(2)8-14/h4-7,11,14H,3,8-10H2,1-2H3. The Kier molecular flexibility index (Phi) is 5.62. The molecule has 1 aromatic rings. The van der Waals surface area contributed by atoms with E-state index in [2.05, 4.69) is 0 Å². The van der Waals surface area contributed by atoms with Crippen LogP contribution in [0.25, 0.3) is 0 Å². The molecule has 1 atom stereocenters. The van der Waals surface area contributed by atoms with E-state index in [1.165, 1.54) is 0 Å². The Morgan fingerprint density at radius 3 is 2.61 bits per heavy atom. The first kappa shape index (κ1) is 15.0. The van der Waals surface area contributed by atoms with Gasteiger partial charge in [0.05, 0.1) is 18.1 Å².